The van der Waals surface area contributed by atoms with E-state index in [4.69, 9.17) is 21.1 Å². The third-order valence-corrected chi connectivity index (χ3v) is 4.83. The zero-order valence-electron chi connectivity index (χ0n) is 16.9. The number of Topliss-reactive ketones (excluding diaryl/α,β-unsaturated/α-hetero) is 1. The quantitative estimate of drug-likeness (QED) is 0.668. The predicted octanol–water partition coefficient (Wildman–Crippen LogP) is 4.16. The molecule has 0 saturated heterocycles. The number of ether oxygens (including phenoxy) is 2. The average molecular weight is 430 g/mol. The predicted molar refractivity (Wildman–Crippen MR) is 117 cm³/mol. The van der Waals surface area contributed by atoms with Gasteiger partial charge in [0.15, 0.2) is 5.78 Å². The number of hydrogen-bond acceptors (Lipinski definition) is 6. The van der Waals surface area contributed by atoms with Crippen molar-refractivity contribution in [2.75, 3.05) is 37.2 Å². The fraction of sp³-hybridized carbons (Fsp3) is 0.318. The van der Waals surface area contributed by atoms with Crippen LogP contribution in [0.15, 0.2) is 53.6 Å². The van der Waals surface area contributed by atoms with Crippen molar-refractivity contribution < 1.29 is 19.1 Å². The van der Waals surface area contributed by atoms with Crippen LogP contribution >= 0.6 is 11.6 Å². The van der Waals surface area contributed by atoms with Gasteiger partial charge in [-0.1, -0.05) is 36.7 Å². The van der Waals surface area contributed by atoms with E-state index in [0.29, 0.717) is 36.0 Å². The largest absolute Gasteiger partial charge is 0.447 e. The van der Waals surface area contributed by atoms with Crippen molar-refractivity contribution in [1.82, 2.24) is 0 Å². The molecule has 0 aliphatic carbocycles. The number of nitrogens with zero attached hydrogens (tertiary/aromatic N) is 2. The Balaban J connectivity index is 1.73. The summed E-state index contributed by atoms with van der Waals surface area (Å²) < 4.78 is 9.86. The van der Waals surface area contributed by atoms with Crippen LogP contribution < -0.4 is 10.3 Å². The molecule has 2 aromatic rings. The van der Waals surface area contributed by atoms with E-state index < -0.39 is 6.09 Å². The van der Waals surface area contributed by atoms with Crippen LogP contribution in [0, 0.1) is 5.92 Å². The molecular weight excluding hydrogens is 406 g/mol. The number of rotatable bonds is 7. The van der Waals surface area contributed by atoms with Gasteiger partial charge in [0.2, 0.25) is 0 Å². The minimum atomic E-state index is -0.559. The lowest BCUT2D eigenvalue weighted by atomic mass is 9.95. The first kappa shape index (κ1) is 21.8. The number of amides is 1. The molecule has 8 heteroatoms. The molecule has 7 nitrogen and oxygen atoms in total. The fourth-order valence-electron chi connectivity index (χ4n) is 3.11. The van der Waals surface area contributed by atoms with Crippen molar-refractivity contribution in [2.45, 2.75) is 13.3 Å². The van der Waals surface area contributed by atoms with Crippen LogP contribution in [0.2, 0.25) is 5.02 Å². The second kappa shape index (κ2) is 10.2. The standard InChI is InChI=1S/C22H24ClN3O4/c1-15-14-26(19-8-4-6-17(23)13-19)25-20(21(15)27)12-16-5-3-7-18(11-16)24-22(28)30-10-9-29-2/h3-8,11,13,15H,9-10,12,14H2,1-2H3,(H,24,28). The fourth-order valence-corrected chi connectivity index (χ4v) is 3.29. The van der Waals surface area contributed by atoms with Gasteiger partial charge in [-0.05, 0) is 35.9 Å². The number of nitrogens with one attached hydrogen (secondary N) is 1. The highest BCUT2D eigenvalue weighted by Crippen LogP contribution is 2.24. The lowest BCUT2D eigenvalue weighted by molar-refractivity contribution is -0.116. The minimum absolute atomic E-state index is 0.0191. The van der Waals surface area contributed by atoms with E-state index in [0.717, 1.165) is 11.3 Å². The molecule has 0 aromatic heterocycles. The van der Waals surface area contributed by atoms with Gasteiger partial charge in [0.1, 0.15) is 12.3 Å². The van der Waals surface area contributed by atoms with Crippen LogP contribution in [-0.4, -0.2) is 44.5 Å². The second-order valence-corrected chi connectivity index (χ2v) is 7.44. The molecule has 1 N–H and O–H groups in total. The van der Waals surface area contributed by atoms with Gasteiger partial charge in [-0.3, -0.25) is 15.1 Å². The molecule has 158 valence electrons. The van der Waals surface area contributed by atoms with Gasteiger partial charge in [-0.2, -0.15) is 5.10 Å². The number of halogens is 1. The van der Waals surface area contributed by atoms with Gasteiger partial charge in [0.05, 0.1) is 18.8 Å². The lowest BCUT2D eigenvalue weighted by Crippen LogP contribution is -2.39. The molecule has 1 aliphatic heterocycles. The number of carbonyl (C=O) groups is 2. The van der Waals surface area contributed by atoms with Crippen molar-refractivity contribution in [3.63, 3.8) is 0 Å². The first-order valence-electron chi connectivity index (χ1n) is 9.62. The van der Waals surface area contributed by atoms with Crippen LogP contribution in [0.5, 0.6) is 0 Å². The van der Waals surface area contributed by atoms with E-state index in [-0.39, 0.29) is 18.3 Å². The zero-order chi connectivity index (χ0) is 21.5. The summed E-state index contributed by atoms with van der Waals surface area (Å²) in [4.78, 5) is 24.5. The van der Waals surface area contributed by atoms with E-state index in [9.17, 15) is 9.59 Å². The SMILES string of the molecule is COCCOC(=O)Nc1cccc(CC2=NN(c3cccc(Cl)c3)CC(C)C2=O)c1. The van der Waals surface area contributed by atoms with Gasteiger partial charge in [0, 0.05) is 30.2 Å². The monoisotopic (exact) mass is 429 g/mol. The lowest BCUT2D eigenvalue weighted by Gasteiger charge is -2.28. The van der Waals surface area contributed by atoms with Crippen molar-refractivity contribution >= 4 is 40.6 Å². The molecule has 1 heterocycles. The number of hydrogen-bond donors (Lipinski definition) is 1. The Hall–Kier alpha value is -2.90. The summed E-state index contributed by atoms with van der Waals surface area (Å²) in [6.07, 6.45) is -0.204. The molecule has 30 heavy (non-hydrogen) atoms. The van der Waals surface area contributed by atoms with E-state index in [1.165, 1.54) is 7.11 Å². The molecule has 0 spiro atoms. The first-order chi connectivity index (χ1) is 14.5. The molecule has 1 aliphatic rings. The molecule has 0 bridgehead atoms. The smallest absolute Gasteiger partial charge is 0.411 e. The van der Waals surface area contributed by atoms with Gasteiger partial charge in [0.25, 0.3) is 0 Å². The third kappa shape index (κ3) is 5.81. The highest BCUT2D eigenvalue weighted by Gasteiger charge is 2.28. The molecule has 3 rings (SSSR count). The molecule has 0 saturated carbocycles. The minimum Gasteiger partial charge on any atom is -0.447 e. The second-order valence-electron chi connectivity index (χ2n) is 7.00. The van der Waals surface area contributed by atoms with Crippen LogP contribution in [-0.2, 0) is 20.7 Å². The summed E-state index contributed by atoms with van der Waals surface area (Å²) in [5.74, 6) is -0.167. The Bertz CT molecular complexity index is 947. The molecule has 1 unspecified atom stereocenters. The van der Waals surface area contributed by atoms with Gasteiger partial charge in [-0.15, -0.1) is 0 Å². The molecule has 1 atom stereocenters. The molecule has 1 amide bonds. The van der Waals surface area contributed by atoms with E-state index in [1.807, 2.05) is 42.3 Å². The normalized spacial score (nSPS) is 16.2. The van der Waals surface area contributed by atoms with E-state index >= 15 is 0 Å². The van der Waals surface area contributed by atoms with Gasteiger partial charge >= 0.3 is 6.09 Å². The maximum atomic E-state index is 12.7. The number of benzene rings is 2. The zero-order valence-corrected chi connectivity index (χ0v) is 17.7. The van der Waals surface area contributed by atoms with Crippen LogP contribution in [0.25, 0.3) is 0 Å². The Morgan fingerprint density at radius 2 is 2.03 bits per heavy atom. The third-order valence-electron chi connectivity index (χ3n) is 4.59. The van der Waals surface area contributed by atoms with Crippen molar-refractivity contribution in [1.29, 1.82) is 0 Å². The summed E-state index contributed by atoms with van der Waals surface area (Å²) in [5, 5.41) is 9.67. The van der Waals surface area contributed by atoms with Crippen LogP contribution in [0.1, 0.15) is 12.5 Å². The number of carbonyl (C=O) groups excluding carboxylic acids is 2. The van der Waals surface area contributed by atoms with Crippen molar-refractivity contribution in [2.24, 2.45) is 11.0 Å². The number of methoxy groups -OCH3 is 1. The Morgan fingerprint density at radius 3 is 2.80 bits per heavy atom. The summed E-state index contributed by atoms with van der Waals surface area (Å²) in [6.45, 7) is 2.89. The average Bonchev–Trinajstić information content (AvgIpc) is 2.72. The first-order valence-corrected chi connectivity index (χ1v) is 10.0. The molecule has 0 radical (unpaired) electrons. The summed E-state index contributed by atoms with van der Waals surface area (Å²) in [6, 6.07) is 14.7. The molecule has 0 fully saturated rings. The summed E-state index contributed by atoms with van der Waals surface area (Å²) >= 11 is 6.10. The maximum absolute atomic E-state index is 12.7. The van der Waals surface area contributed by atoms with Crippen molar-refractivity contribution in [3.8, 4) is 0 Å². The Morgan fingerprint density at radius 1 is 1.23 bits per heavy atom. The summed E-state index contributed by atoms with van der Waals surface area (Å²) in [5.41, 5.74) is 2.75. The highest BCUT2D eigenvalue weighted by molar-refractivity contribution is 6.41. The van der Waals surface area contributed by atoms with Crippen LogP contribution in [0.3, 0.4) is 0 Å². The summed E-state index contributed by atoms with van der Waals surface area (Å²) in [7, 11) is 1.54. The van der Waals surface area contributed by atoms with Crippen molar-refractivity contribution in [3.05, 3.63) is 59.1 Å². The van der Waals surface area contributed by atoms with Gasteiger partial charge < -0.3 is 9.47 Å². The molecule has 2 aromatic carbocycles. The van der Waals surface area contributed by atoms with Gasteiger partial charge in [-0.25, -0.2) is 4.79 Å². The maximum Gasteiger partial charge on any atom is 0.411 e. The van der Waals surface area contributed by atoms with E-state index in [2.05, 4.69) is 10.4 Å². The Labute approximate surface area is 180 Å². The highest BCUT2D eigenvalue weighted by atomic mass is 35.5. The number of ketones is 1. The Kier molecular flexibility index (Phi) is 7.43. The number of anilines is 2. The topological polar surface area (TPSA) is 80.2 Å². The number of hydrazone groups is 1. The van der Waals surface area contributed by atoms with Crippen LogP contribution in [0.4, 0.5) is 16.2 Å². The molecular formula is C22H24ClN3O4. The van der Waals surface area contributed by atoms with E-state index in [1.54, 1.807) is 18.2 Å².